The van der Waals surface area contributed by atoms with Crippen molar-refractivity contribution in [3.63, 3.8) is 0 Å². The highest BCUT2D eigenvalue weighted by Gasteiger charge is 2.21. The van der Waals surface area contributed by atoms with E-state index in [1.165, 1.54) is 17.1 Å². The van der Waals surface area contributed by atoms with Crippen LogP contribution in [0.5, 0.6) is 0 Å². The summed E-state index contributed by atoms with van der Waals surface area (Å²) in [6.45, 7) is 5.90. The molecule has 9 heteroatoms. The highest BCUT2D eigenvalue weighted by Crippen LogP contribution is 2.16. The summed E-state index contributed by atoms with van der Waals surface area (Å²) in [5.74, 6) is -0.927. The molecule has 0 bridgehead atoms. The number of rotatable bonds is 6. The number of aromatic nitrogens is 4. The number of ether oxygens (including phenoxy) is 1. The average Bonchev–Trinajstić information content (AvgIpc) is 3.04. The average molecular weight is 340 g/mol. The second-order valence-corrected chi connectivity index (χ2v) is 5.54. The van der Waals surface area contributed by atoms with Gasteiger partial charge in [0.15, 0.2) is 5.69 Å². The second kappa shape index (κ2) is 7.28. The summed E-state index contributed by atoms with van der Waals surface area (Å²) in [5, 5.41) is 11.1. The van der Waals surface area contributed by atoms with Crippen molar-refractivity contribution in [2.75, 3.05) is 5.32 Å². The number of anilines is 1. The third-order valence-electron chi connectivity index (χ3n) is 2.80. The molecule has 0 aliphatic heterocycles. The number of carbonyl (C=O) groups excluding carboxylic acids is 2. The molecule has 124 valence electrons. The molecular weight excluding hydrogens is 322 g/mol. The van der Waals surface area contributed by atoms with E-state index in [1.807, 2.05) is 6.92 Å². The molecule has 0 saturated heterocycles. The normalized spacial score (nSPS) is 10.8. The minimum Gasteiger partial charge on any atom is -0.458 e. The van der Waals surface area contributed by atoms with Crippen molar-refractivity contribution in [3.8, 4) is 0 Å². The molecule has 0 fully saturated rings. The molecule has 2 heterocycles. The van der Waals surface area contributed by atoms with E-state index in [4.69, 9.17) is 16.3 Å². The zero-order chi connectivity index (χ0) is 17.0. The maximum absolute atomic E-state index is 12.1. The van der Waals surface area contributed by atoms with Crippen molar-refractivity contribution in [2.24, 2.45) is 0 Å². The van der Waals surface area contributed by atoms with Crippen LogP contribution in [0.15, 0.2) is 18.6 Å². The van der Waals surface area contributed by atoms with Gasteiger partial charge in [-0.05, 0) is 20.8 Å². The monoisotopic (exact) mass is 339 g/mol. The van der Waals surface area contributed by atoms with Crippen LogP contribution in [-0.4, -0.2) is 37.5 Å². The van der Waals surface area contributed by atoms with Crippen LogP contribution in [0.25, 0.3) is 0 Å². The molecule has 1 N–H and O–H groups in total. The molecule has 8 nitrogen and oxygen atoms in total. The van der Waals surface area contributed by atoms with Gasteiger partial charge in [-0.25, -0.2) is 4.79 Å². The second-order valence-electron chi connectivity index (χ2n) is 5.11. The number of hydrogen-bond acceptors (Lipinski definition) is 5. The lowest BCUT2D eigenvalue weighted by Gasteiger charge is -2.08. The van der Waals surface area contributed by atoms with E-state index in [1.54, 1.807) is 24.7 Å². The van der Waals surface area contributed by atoms with E-state index in [0.29, 0.717) is 17.3 Å². The van der Waals surface area contributed by atoms with Crippen LogP contribution in [-0.2, 0) is 22.6 Å². The van der Waals surface area contributed by atoms with Gasteiger partial charge in [0.25, 0.3) is 0 Å². The Bertz CT molecular complexity index is 707. The summed E-state index contributed by atoms with van der Waals surface area (Å²) in [5.41, 5.74) is 0.383. The van der Waals surface area contributed by atoms with Gasteiger partial charge in [0.1, 0.15) is 6.54 Å². The first-order valence-corrected chi connectivity index (χ1v) is 7.53. The largest absolute Gasteiger partial charge is 0.458 e. The lowest BCUT2D eigenvalue weighted by Crippen LogP contribution is -2.21. The number of nitrogens with one attached hydrogen (secondary N) is 1. The van der Waals surface area contributed by atoms with Crippen molar-refractivity contribution in [1.29, 1.82) is 0 Å². The smallest absolute Gasteiger partial charge is 0.361 e. The predicted molar refractivity (Wildman–Crippen MR) is 84.3 cm³/mol. The fraction of sp³-hybridized carbons (Fsp3) is 0.429. The van der Waals surface area contributed by atoms with Gasteiger partial charge in [0.2, 0.25) is 5.91 Å². The maximum atomic E-state index is 12.1. The number of nitrogens with zero attached hydrogens (tertiary/aromatic N) is 4. The van der Waals surface area contributed by atoms with Crippen LogP contribution in [0.2, 0.25) is 5.02 Å². The first-order valence-electron chi connectivity index (χ1n) is 7.15. The summed E-state index contributed by atoms with van der Waals surface area (Å²) in [4.78, 5) is 24.1. The van der Waals surface area contributed by atoms with E-state index in [-0.39, 0.29) is 24.2 Å². The molecule has 1 amide bonds. The SMILES string of the molecule is CCn1cc(NC(=O)Cn2cc(Cl)cn2)c(C(=O)OC(C)C)n1. The molecule has 2 aromatic rings. The Kier molecular flexibility index (Phi) is 5.38. The van der Waals surface area contributed by atoms with E-state index >= 15 is 0 Å². The van der Waals surface area contributed by atoms with Gasteiger partial charge in [-0.15, -0.1) is 0 Å². The number of aryl methyl sites for hydroxylation is 1. The molecule has 0 radical (unpaired) electrons. The molecule has 23 heavy (non-hydrogen) atoms. The molecule has 0 aromatic carbocycles. The van der Waals surface area contributed by atoms with Crippen LogP contribution in [0, 0.1) is 0 Å². The van der Waals surface area contributed by atoms with E-state index < -0.39 is 5.97 Å². The first kappa shape index (κ1) is 17.0. The summed E-state index contributed by atoms with van der Waals surface area (Å²) in [7, 11) is 0. The molecule has 0 atom stereocenters. The van der Waals surface area contributed by atoms with Crippen LogP contribution in [0.1, 0.15) is 31.3 Å². The first-order chi connectivity index (χ1) is 10.9. The van der Waals surface area contributed by atoms with Gasteiger partial charge in [-0.1, -0.05) is 11.6 Å². The van der Waals surface area contributed by atoms with Crippen molar-refractivity contribution < 1.29 is 14.3 Å². The zero-order valence-corrected chi connectivity index (χ0v) is 13.9. The van der Waals surface area contributed by atoms with Gasteiger partial charge in [0.05, 0.1) is 23.0 Å². The Balaban J connectivity index is 2.12. The fourth-order valence-electron chi connectivity index (χ4n) is 1.86. The molecule has 0 aliphatic rings. The molecule has 2 aromatic heterocycles. The van der Waals surface area contributed by atoms with Crippen molar-refractivity contribution in [1.82, 2.24) is 19.6 Å². The van der Waals surface area contributed by atoms with E-state index in [9.17, 15) is 9.59 Å². The van der Waals surface area contributed by atoms with Gasteiger partial charge < -0.3 is 10.1 Å². The van der Waals surface area contributed by atoms with Crippen LogP contribution >= 0.6 is 11.6 Å². The third-order valence-corrected chi connectivity index (χ3v) is 3.00. The van der Waals surface area contributed by atoms with Gasteiger partial charge in [-0.3, -0.25) is 14.2 Å². The molecular formula is C14H18ClN5O3. The van der Waals surface area contributed by atoms with Crippen LogP contribution in [0.3, 0.4) is 0 Å². The maximum Gasteiger partial charge on any atom is 0.361 e. The fourth-order valence-corrected chi connectivity index (χ4v) is 2.01. The standard InChI is InChI=1S/C14H18ClN5O3/c1-4-19-7-11(13(18-19)14(22)23-9(2)3)17-12(21)8-20-6-10(15)5-16-20/h5-7,9H,4,8H2,1-3H3,(H,17,21). The molecule has 2 rings (SSSR count). The highest BCUT2D eigenvalue weighted by atomic mass is 35.5. The summed E-state index contributed by atoms with van der Waals surface area (Å²) in [6.07, 6.45) is 4.29. The highest BCUT2D eigenvalue weighted by molar-refractivity contribution is 6.30. The summed E-state index contributed by atoms with van der Waals surface area (Å²) < 4.78 is 8.09. The third kappa shape index (κ3) is 4.56. The topological polar surface area (TPSA) is 91.0 Å². The minimum atomic E-state index is -0.579. The molecule has 0 aliphatic carbocycles. The van der Waals surface area contributed by atoms with E-state index in [2.05, 4.69) is 15.5 Å². The molecule has 0 spiro atoms. The van der Waals surface area contributed by atoms with Crippen molar-refractivity contribution in [3.05, 3.63) is 29.3 Å². The predicted octanol–water partition coefficient (Wildman–Crippen LogP) is 1.96. The Morgan fingerprint density at radius 1 is 1.35 bits per heavy atom. The Labute approximate surface area is 138 Å². The van der Waals surface area contributed by atoms with Crippen molar-refractivity contribution >= 4 is 29.2 Å². The Hall–Kier alpha value is -2.35. The number of amides is 1. The lowest BCUT2D eigenvalue weighted by molar-refractivity contribution is -0.116. The van der Waals surface area contributed by atoms with Gasteiger partial charge >= 0.3 is 5.97 Å². The number of esters is 1. The van der Waals surface area contributed by atoms with E-state index in [0.717, 1.165) is 0 Å². The Morgan fingerprint density at radius 3 is 2.65 bits per heavy atom. The molecule has 0 saturated carbocycles. The van der Waals surface area contributed by atoms with Crippen molar-refractivity contribution in [2.45, 2.75) is 40.0 Å². The Morgan fingerprint density at radius 2 is 2.09 bits per heavy atom. The van der Waals surface area contributed by atoms with Gasteiger partial charge in [-0.2, -0.15) is 10.2 Å². The zero-order valence-electron chi connectivity index (χ0n) is 13.1. The quantitative estimate of drug-likeness (QED) is 0.812. The number of hydrogen-bond donors (Lipinski definition) is 1. The van der Waals surface area contributed by atoms with Gasteiger partial charge in [0, 0.05) is 18.9 Å². The summed E-state index contributed by atoms with van der Waals surface area (Å²) >= 11 is 5.75. The number of carbonyl (C=O) groups is 2. The molecule has 0 unspecified atom stereocenters. The van der Waals surface area contributed by atoms with Crippen LogP contribution < -0.4 is 5.32 Å². The minimum absolute atomic E-state index is 0.0251. The lowest BCUT2D eigenvalue weighted by atomic mass is 10.3. The number of halogens is 1. The van der Waals surface area contributed by atoms with Crippen LogP contribution in [0.4, 0.5) is 5.69 Å². The summed E-state index contributed by atoms with van der Waals surface area (Å²) in [6, 6.07) is 0.